The molecule has 0 radical (unpaired) electrons. The van der Waals surface area contributed by atoms with Crippen molar-refractivity contribution in [2.24, 2.45) is 5.92 Å². The summed E-state index contributed by atoms with van der Waals surface area (Å²) in [5.74, 6) is 0.994. The molecule has 0 aliphatic heterocycles. The predicted octanol–water partition coefficient (Wildman–Crippen LogP) is 22.7. The smallest absolute Gasteiger partial charge is 0.00502 e. The fourth-order valence-corrected chi connectivity index (χ4v) is 9.21. The van der Waals surface area contributed by atoms with Crippen LogP contribution in [0, 0.1) is 26.7 Å². The Balaban J connectivity index is 0.000000273. The van der Waals surface area contributed by atoms with E-state index in [9.17, 15) is 0 Å². The van der Waals surface area contributed by atoms with Crippen LogP contribution in [0.2, 0.25) is 0 Å². The molecule has 9 rings (SSSR count). The second-order valence-electron chi connectivity index (χ2n) is 18.5. The number of rotatable bonds is 11. The first kappa shape index (κ1) is 63.8. The lowest BCUT2D eigenvalue weighted by atomic mass is 9.85. The van der Waals surface area contributed by atoms with Gasteiger partial charge in [-0.2, -0.15) is 0 Å². The largest absolute Gasteiger partial charge is 0.0877 e. The van der Waals surface area contributed by atoms with Crippen LogP contribution in [0.1, 0.15) is 140 Å². The zero-order valence-corrected chi connectivity index (χ0v) is 49.7. The van der Waals surface area contributed by atoms with Gasteiger partial charge in [-0.1, -0.05) is 311 Å². The van der Waals surface area contributed by atoms with E-state index in [4.69, 9.17) is 0 Å². The normalized spacial score (nSPS) is 12.4. The van der Waals surface area contributed by atoms with Gasteiger partial charge in [-0.05, 0) is 154 Å². The van der Waals surface area contributed by atoms with Crippen molar-refractivity contribution in [2.75, 3.05) is 0 Å². The molecule has 0 amide bonds. The molecule has 0 spiro atoms. The summed E-state index contributed by atoms with van der Waals surface area (Å²) < 4.78 is 0. The average molecular weight is 1020 g/mol. The summed E-state index contributed by atoms with van der Waals surface area (Å²) in [5, 5.41) is 6.76. The zero-order valence-electron chi connectivity index (χ0n) is 49.7. The fourth-order valence-electron chi connectivity index (χ4n) is 9.21. The minimum absolute atomic E-state index is 0.428. The van der Waals surface area contributed by atoms with Crippen molar-refractivity contribution in [3.63, 3.8) is 0 Å². The molecule has 1 aliphatic rings. The van der Waals surface area contributed by atoms with Crippen molar-refractivity contribution in [2.45, 2.75) is 123 Å². The van der Waals surface area contributed by atoms with Crippen LogP contribution < -0.4 is 5.22 Å². The van der Waals surface area contributed by atoms with E-state index < -0.39 is 0 Å². The van der Waals surface area contributed by atoms with Gasteiger partial charge in [0.05, 0.1) is 0 Å². The molecule has 8 aromatic rings. The predicted molar refractivity (Wildman–Crippen MR) is 351 cm³/mol. The Bertz CT molecular complexity index is 3190. The fraction of sp³-hybridized carbons (Fsp3) is 0.247. The molecule has 0 nitrogen and oxygen atoms in total. The molecular weight excluding hydrogens is 925 g/mol. The van der Waals surface area contributed by atoms with Gasteiger partial charge in [0.25, 0.3) is 0 Å². The number of aryl methyl sites for hydroxylation is 3. The van der Waals surface area contributed by atoms with Crippen LogP contribution in [0.4, 0.5) is 0 Å². The summed E-state index contributed by atoms with van der Waals surface area (Å²) in [6, 6.07) is 60.3. The molecule has 0 aromatic heterocycles. The van der Waals surface area contributed by atoms with Crippen molar-refractivity contribution in [1.82, 2.24) is 0 Å². The monoisotopic (exact) mass is 1020 g/mol. The Morgan fingerprint density at radius 3 is 1.73 bits per heavy atom. The molecular formula is C77H92. The highest BCUT2D eigenvalue weighted by Gasteiger charge is 2.14. The Kier molecular flexibility index (Phi) is 30.2. The lowest BCUT2D eigenvalue weighted by Gasteiger charge is -2.19. The summed E-state index contributed by atoms with van der Waals surface area (Å²) in [5.41, 5.74) is 16.0. The van der Waals surface area contributed by atoms with Gasteiger partial charge in [0.2, 0.25) is 0 Å². The van der Waals surface area contributed by atoms with Crippen LogP contribution in [-0.4, -0.2) is 0 Å². The van der Waals surface area contributed by atoms with E-state index in [0.717, 1.165) is 12.8 Å². The topological polar surface area (TPSA) is 0 Å². The molecule has 0 heterocycles. The second kappa shape index (κ2) is 36.4. The minimum atomic E-state index is 0.428. The first-order valence-corrected chi connectivity index (χ1v) is 28.5. The molecule has 0 saturated carbocycles. The summed E-state index contributed by atoms with van der Waals surface area (Å²) in [4.78, 5) is 0. The van der Waals surface area contributed by atoms with E-state index >= 15 is 0 Å². The molecule has 0 bridgehead atoms. The molecule has 0 heteroatoms. The SMILES string of the molecule is C/C=C\C=C/c1cc(C)c(CC)c(-c2ccccc2)c1.C/C=c1\ccc2ccc(C)c3ccc(/C=C\C4=CC=CC4)c1c23.CC.CC.CC.CC=C/C(=C\C(c1ccccc1)C(C)C)c1ccccc1.Cc1ccccc1. The van der Waals surface area contributed by atoms with E-state index in [0.29, 0.717) is 11.8 Å². The maximum Gasteiger partial charge on any atom is 0.00502 e. The summed E-state index contributed by atoms with van der Waals surface area (Å²) >= 11 is 0. The standard InChI is InChI=1S/C23H20.C21H24.C20H22.C7H8.3C2H6/c1-3-18-12-13-20-10-8-16(2)21-15-14-19(22(18)23(20)21)11-9-17-6-4-5-7-17;1-4-11-20(18-12-7-5-8-13-18)16-21(17(2)3)19-14-9-6-10-15-19;1-4-6-8-11-17-14-16(3)19(5-2)20(15-17)18-12-9-7-10-13-18;1-7-5-3-2-4-6-7;3*1-2/h3-6,8-15H,7H2,1-2H3;4-17,21H,1-3H3;4,6-15H,5H2,1-3H3;2-6H,1H3;3*1-2H3/b11-9-,18-3+;11-4?,20-16+;6-4-,11-8-;;;;. The van der Waals surface area contributed by atoms with Crippen LogP contribution in [0.15, 0.2) is 236 Å². The van der Waals surface area contributed by atoms with Crippen LogP contribution in [0.3, 0.4) is 0 Å². The highest BCUT2D eigenvalue weighted by atomic mass is 14.2. The van der Waals surface area contributed by atoms with Crippen molar-refractivity contribution < 1.29 is 0 Å². The average Bonchev–Trinajstić information content (AvgIpc) is 4.02. The lowest BCUT2D eigenvalue weighted by molar-refractivity contribution is 0.579. The number of hydrogen-bond acceptors (Lipinski definition) is 0. The summed E-state index contributed by atoms with van der Waals surface area (Å²) in [6.07, 6.45) is 30.4. The number of benzene rings is 8. The van der Waals surface area contributed by atoms with Crippen molar-refractivity contribution in [1.29, 1.82) is 0 Å². The minimum Gasteiger partial charge on any atom is -0.0877 e. The Morgan fingerprint density at radius 1 is 0.571 bits per heavy atom. The van der Waals surface area contributed by atoms with Crippen LogP contribution in [0.5, 0.6) is 0 Å². The molecule has 0 fully saturated rings. The van der Waals surface area contributed by atoms with Gasteiger partial charge in [0.15, 0.2) is 0 Å². The van der Waals surface area contributed by atoms with Crippen molar-refractivity contribution in [3.05, 3.63) is 286 Å². The van der Waals surface area contributed by atoms with E-state index in [1.54, 1.807) is 0 Å². The highest BCUT2D eigenvalue weighted by molar-refractivity contribution is 6.14. The molecule has 0 N–H and O–H groups in total. The maximum absolute atomic E-state index is 2.40. The van der Waals surface area contributed by atoms with E-state index in [1.165, 1.54) is 93.5 Å². The van der Waals surface area contributed by atoms with Gasteiger partial charge in [0.1, 0.15) is 0 Å². The Labute approximate surface area is 468 Å². The van der Waals surface area contributed by atoms with Gasteiger partial charge < -0.3 is 0 Å². The molecule has 0 saturated heterocycles. The van der Waals surface area contributed by atoms with Crippen molar-refractivity contribution >= 4 is 45.3 Å². The van der Waals surface area contributed by atoms with Crippen LogP contribution in [0.25, 0.3) is 56.5 Å². The van der Waals surface area contributed by atoms with E-state index in [-0.39, 0.29) is 0 Å². The van der Waals surface area contributed by atoms with Gasteiger partial charge in [-0.25, -0.2) is 0 Å². The Hall–Kier alpha value is -7.54. The van der Waals surface area contributed by atoms with Crippen LogP contribution in [-0.2, 0) is 6.42 Å². The maximum atomic E-state index is 2.40. The molecule has 77 heavy (non-hydrogen) atoms. The van der Waals surface area contributed by atoms with E-state index in [1.807, 2.05) is 72.7 Å². The van der Waals surface area contributed by atoms with Crippen LogP contribution >= 0.6 is 0 Å². The first-order valence-electron chi connectivity index (χ1n) is 28.5. The molecule has 8 aromatic carbocycles. The molecule has 1 unspecified atom stereocenters. The highest BCUT2D eigenvalue weighted by Crippen LogP contribution is 2.33. The van der Waals surface area contributed by atoms with Crippen molar-refractivity contribution in [3.8, 4) is 11.1 Å². The number of allylic oxidation sites excluding steroid dienone is 12. The summed E-state index contributed by atoms with van der Waals surface area (Å²) in [6.45, 7) is 31.5. The third-order valence-electron chi connectivity index (χ3n) is 13.0. The zero-order chi connectivity index (χ0) is 56.4. The number of hydrogen-bond donors (Lipinski definition) is 0. The quantitative estimate of drug-likeness (QED) is 0.113. The van der Waals surface area contributed by atoms with E-state index in [2.05, 4.69) is 280 Å². The Morgan fingerprint density at radius 2 is 1.18 bits per heavy atom. The third kappa shape index (κ3) is 19.8. The molecule has 400 valence electrons. The molecule has 1 atom stereocenters. The lowest BCUT2D eigenvalue weighted by Crippen LogP contribution is -2.04. The molecule has 1 aliphatic carbocycles. The van der Waals surface area contributed by atoms with Gasteiger partial charge in [-0.3, -0.25) is 0 Å². The van der Waals surface area contributed by atoms with Gasteiger partial charge in [-0.15, -0.1) is 0 Å². The van der Waals surface area contributed by atoms with Gasteiger partial charge in [0, 0.05) is 5.92 Å². The van der Waals surface area contributed by atoms with Gasteiger partial charge >= 0.3 is 0 Å². The summed E-state index contributed by atoms with van der Waals surface area (Å²) in [7, 11) is 0. The second-order valence-corrected chi connectivity index (χ2v) is 18.5. The first-order chi connectivity index (χ1) is 37.6. The third-order valence-corrected chi connectivity index (χ3v) is 13.0.